The average Bonchev–Trinajstić information content (AvgIpc) is 2.55. The molecule has 5 atom stereocenters. The van der Waals surface area contributed by atoms with Crippen molar-refractivity contribution in [1.29, 1.82) is 0 Å². The minimum atomic E-state index is -0.546. The number of hydrogen-bond donors (Lipinski definition) is 0. The van der Waals surface area contributed by atoms with Crippen molar-refractivity contribution >= 4 is 11.8 Å². The second-order valence-corrected chi connectivity index (χ2v) is 6.31. The van der Waals surface area contributed by atoms with Gasteiger partial charge in [-0.3, -0.25) is 0 Å². The lowest BCUT2D eigenvalue weighted by Crippen LogP contribution is -2.54. The van der Waals surface area contributed by atoms with E-state index in [1.165, 1.54) is 0 Å². The van der Waals surface area contributed by atoms with Crippen LogP contribution in [0, 0.1) is 0 Å². The lowest BCUT2D eigenvalue weighted by atomic mass is 10.0. The number of fused-ring (bicyclic) bond motifs is 1. The molecule has 100 valence electrons. The minimum Gasteiger partial charge on any atom is -0.375 e. The molecule has 0 spiro atoms. The molecule has 0 radical (unpaired) electrons. The molecule has 0 aliphatic carbocycles. The Morgan fingerprint density at radius 1 is 1.24 bits per heavy atom. The van der Waals surface area contributed by atoms with Crippen molar-refractivity contribution in [2.75, 3.05) is 12.9 Å². The molecule has 0 N–H and O–H groups in total. The SMILES string of the molecule is CCS[C@H]1O[C@@H](C)[C@H]2OC(C)(C)O[C@H]2[C@@H]1OC. The Kier molecular flexibility index (Phi) is 4.05. The van der Waals surface area contributed by atoms with Crippen LogP contribution >= 0.6 is 11.8 Å². The van der Waals surface area contributed by atoms with E-state index in [0.29, 0.717) is 0 Å². The van der Waals surface area contributed by atoms with Crippen LogP contribution in [0.3, 0.4) is 0 Å². The van der Waals surface area contributed by atoms with E-state index in [4.69, 9.17) is 18.9 Å². The first kappa shape index (κ1) is 13.6. The van der Waals surface area contributed by atoms with Crippen molar-refractivity contribution < 1.29 is 18.9 Å². The highest BCUT2D eigenvalue weighted by Crippen LogP contribution is 2.40. The van der Waals surface area contributed by atoms with Gasteiger partial charge in [0.1, 0.15) is 23.7 Å². The molecular formula is C12H22O4S. The second kappa shape index (κ2) is 5.05. The molecule has 0 bridgehead atoms. The van der Waals surface area contributed by atoms with Crippen LogP contribution in [0.4, 0.5) is 0 Å². The van der Waals surface area contributed by atoms with Crippen molar-refractivity contribution in [2.45, 2.75) is 63.3 Å². The van der Waals surface area contributed by atoms with Crippen LogP contribution in [-0.4, -0.2) is 48.5 Å². The van der Waals surface area contributed by atoms with Crippen molar-refractivity contribution in [3.63, 3.8) is 0 Å². The van der Waals surface area contributed by atoms with Gasteiger partial charge in [-0.1, -0.05) is 6.92 Å². The Bertz CT molecular complexity index is 271. The van der Waals surface area contributed by atoms with E-state index < -0.39 is 5.79 Å². The van der Waals surface area contributed by atoms with E-state index >= 15 is 0 Å². The van der Waals surface area contributed by atoms with Gasteiger partial charge in [0, 0.05) is 7.11 Å². The van der Waals surface area contributed by atoms with E-state index in [1.807, 2.05) is 20.8 Å². The highest BCUT2D eigenvalue weighted by molar-refractivity contribution is 7.99. The largest absolute Gasteiger partial charge is 0.375 e. The molecule has 2 heterocycles. The number of methoxy groups -OCH3 is 1. The number of ether oxygens (including phenoxy) is 4. The van der Waals surface area contributed by atoms with Gasteiger partial charge >= 0.3 is 0 Å². The molecule has 0 saturated carbocycles. The molecular weight excluding hydrogens is 240 g/mol. The fourth-order valence-electron chi connectivity index (χ4n) is 2.50. The van der Waals surface area contributed by atoms with Gasteiger partial charge in [-0.05, 0) is 26.5 Å². The first-order chi connectivity index (χ1) is 7.98. The van der Waals surface area contributed by atoms with Gasteiger partial charge in [0.05, 0.1) is 6.10 Å². The molecule has 0 aromatic rings. The Morgan fingerprint density at radius 3 is 2.47 bits per heavy atom. The monoisotopic (exact) mass is 262 g/mol. The van der Waals surface area contributed by atoms with Crippen LogP contribution in [0.5, 0.6) is 0 Å². The van der Waals surface area contributed by atoms with Gasteiger partial charge in [-0.25, -0.2) is 0 Å². The van der Waals surface area contributed by atoms with Crippen molar-refractivity contribution in [2.24, 2.45) is 0 Å². The quantitative estimate of drug-likeness (QED) is 0.778. The van der Waals surface area contributed by atoms with Gasteiger partial charge < -0.3 is 18.9 Å². The predicted molar refractivity (Wildman–Crippen MR) is 67.1 cm³/mol. The number of thioether (sulfide) groups is 1. The average molecular weight is 262 g/mol. The van der Waals surface area contributed by atoms with Crippen LogP contribution in [0.1, 0.15) is 27.7 Å². The summed E-state index contributed by atoms with van der Waals surface area (Å²) in [5.41, 5.74) is 0.0266. The summed E-state index contributed by atoms with van der Waals surface area (Å²) in [5.74, 6) is 0.453. The predicted octanol–water partition coefficient (Wildman–Crippen LogP) is 2.02. The number of hydrogen-bond acceptors (Lipinski definition) is 5. The highest BCUT2D eigenvalue weighted by Gasteiger charge is 2.54. The Morgan fingerprint density at radius 2 is 1.88 bits per heavy atom. The van der Waals surface area contributed by atoms with Crippen molar-refractivity contribution in [1.82, 2.24) is 0 Å². The summed E-state index contributed by atoms with van der Waals surface area (Å²) in [6.07, 6.45) is -0.105. The molecule has 0 aromatic carbocycles. The molecule has 0 unspecified atom stereocenters. The summed E-state index contributed by atoms with van der Waals surface area (Å²) in [6.45, 7) is 8.03. The molecule has 0 amide bonds. The number of rotatable bonds is 3. The summed E-state index contributed by atoms with van der Waals surface area (Å²) in [5, 5.41) is 0. The summed E-state index contributed by atoms with van der Waals surface area (Å²) < 4.78 is 23.4. The van der Waals surface area contributed by atoms with Crippen LogP contribution in [0.2, 0.25) is 0 Å². The molecule has 2 aliphatic rings. The summed E-state index contributed by atoms with van der Waals surface area (Å²) >= 11 is 1.75. The van der Waals surface area contributed by atoms with Crippen LogP contribution < -0.4 is 0 Å². The van der Waals surface area contributed by atoms with Gasteiger partial charge in [-0.2, -0.15) is 0 Å². The van der Waals surface area contributed by atoms with Crippen LogP contribution in [0.25, 0.3) is 0 Å². The first-order valence-electron chi connectivity index (χ1n) is 6.14. The molecule has 17 heavy (non-hydrogen) atoms. The molecule has 2 fully saturated rings. The standard InChI is InChI=1S/C12H22O4S/c1-6-17-11-10(13-5)9-8(7(2)14-11)15-12(3,4)16-9/h7-11H,6H2,1-5H3/t7-,8+,9+,10-,11+/m0/s1. The Balaban J connectivity index is 2.15. The van der Waals surface area contributed by atoms with Crippen LogP contribution in [0.15, 0.2) is 0 Å². The maximum Gasteiger partial charge on any atom is 0.164 e. The van der Waals surface area contributed by atoms with Gasteiger partial charge in [-0.15, -0.1) is 11.8 Å². The zero-order valence-corrected chi connectivity index (χ0v) is 12.0. The zero-order chi connectivity index (χ0) is 12.6. The third-order valence-corrected chi connectivity index (χ3v) is 4.21. The fraction of sp³-hybridized carbons (Fsp3) is 1.00. The second-order valence-electron chi connectivity index (χ2n) is 4.93. The lowest BCUT2D eigenvalue weighted by molar-refractivity contribution is -0.162. The maximum absolute atomic E-state index is 5.97. The third kappa shape index (κ3) is 2.63. The maximum atomic E-state index is 5.97. The molecule has 2 rings (SSSR count). The van der Waals surface area contributed by atoms with Crippen molar-refractivity contribution in [3.8, 4) is 0 Å². The highest BCUT2D eigenvalue weighted by atomic mass is 32.2. The zero-order valence-electron chi connectivity index (χ0n) is 11.1. The summed E-state index contributed by atoms with van der Waals surface area (Å²) in [4.78, 5) is 0. The minimum absolute atomic E-state index is 0.0266. The van der Waals surface area contributed by atoms with E-state index in [0.717, 1.165) is 5.75 Å². The summed E-state index contributed by atoms with van der Waals surface area (Å²) in [7, 11) is 1.71. The van der Waals surface area contributed by atoms with Crippen molar-refractivity contribution in [3.05, 3.63) is 0 Å². The topological polar surface area (TPSA) is 36.9 Å². The van der Waals surface area contributed by atoms with Crippen LogP contribution in [-0.2, 0) is 18.9 Å². The van der Waals surface area contributed by atoms with Gasteiger partial charge in [0.25, 0.3) is 0 Å². The van der Waals surface area contributed by atoms with Gasteiger partial charge in [0.15, 0.2) is 5.79 Å². The van der Waals surface area contributed by atoms with E-state index in [1.54, 1.807) is 18.9 Å². The summed E-state index contributed by atoms with van der Waals surface area (Å²) in [6, 6.07) is 0. The van der Waals surface area contributed by atoms with E-state index in [2.05, 4.69) is 6.92 Å². The van der Waals surface area contributed by atoms with E-state index in [-0.39, 0.29) is 29.9 Å². The van der Waals surface area contributed by atoms with E-state index in [9.17, 15) is 0 Å². The molecule has 5 heteroatoms. The third-order valence-electron chi connectivity index (χ3n) is 3.17. The smallest absolute Gasteiger partial charge is 0.164 e. The molecule has 0 aromatic heterocycles. The van der Waals surface area contributed by atoms with Gasteiger partial charge in [0.2, 0.25) is 0 Å². The Labute approximate surface area is 107 Å². The molecule has 2 aliphatic heterocycles. The lowest BCUT2D eigenvalue weighted by Gasteiger charge is -2.40. The normalized spacial score (nSPS) is 44.6. The molecule has 2 saturated heterocycles. The molecule has 4 nitrogen and oxygen atoms in total. The Hall–Kier alpha value is 0.190. The fourth-order valence-corrected chi connectivity index (χ4v) is 3.54. The first-order valence-corrected chi connectivity index (χ1v) is 7.19.